The molecule has 0 saturated carbocycles. The van der Waals surface area contributed by atoms with Crippen molar-refractivity contribution in [3.8, 4) is 11.5 Å². The number of hydrogen-bond donors (Lipinski definition) is 1. The molecule has 0 unspecified atom stereocenters. The summed E-state index contributed by atoms with van der Waals surface area (Å²) in [6.45, 7) is 0. The maximum Gasteiger partial charge on any atom is 0.321 e. The largest absolute Gasteiger partial charge is 0.494 e. The first kappa shape index (κ1) is 18.6. The van der Waals surface area contributed by atoms with Crippen molar-refractivity contribution in [1.82, 2.24) is 9.97 Å². The third kappa shape index (κ3) is 4.01. The Morgan fingerprint density at radius 1 is 1.12 bits per heavy atom. The number of aromatic nitrogens is 2. The predicted molar refractivity (Wildman–Crippen MR) is 95.5 cm³/mol. The van der Waals surface area contributed by atoms with Crippen molar-refractivity contribution in [2.75, 3.05) is 20.0 Å². The number of para-hydroxylation sites is 2. The molecule has 0 radical (unpaired) electrons. The normalized spacial score (nSPS) is 9.77. The first-order valence-corrected chi connectivity index (χ1v) is 7.33. The second-order valence-corrected chi connectivity index (χ2v) is 4.90. The lowest BCUT2D eigenvalue weighted by Gasteiger charge is -2.03. The monoisotopic (exact) mass is 356 g/mol. The van der Waals surface area contributed by atoms with Gasteiger partial charge in [-0.05, 0) is 18.2 Å². The topological polar surface area (TPSA) is 130 Å². The fourth-order valence-corrected chi connectivity index (χ4v) is 2.20. The van der Waals surface area contributed by atoms with E-state index in [-0.39, 0.29) is 22.9 Å². The molecule has 3 rings (SSSR count). The lowest BCUT2D eigenvalue weighted by molar-refractivity contribution is -0.386. The van der Waals surface area contributed by atoms with Crippen LogP contribution < -0.4 is 15.2 Å². The molecule has 2 aromatic carbocycles. The van der Waals surface area contributed by atoms with E-state index < -0.39 is 4.92 Å². The van der Waals surface area contributed by atoms with Crippen LogP contribution >= 0.6 is 0 Å². The average Bonchev–Trinajstić information content (AvgIpc) is 2.67. The van der Waals surface area contributed by atoms with Gasteiger partial charge in [0.15, 0.2) is 12.0 Å². The third-order valence-electron chi connectivity index (χ3n) is 3.37. The summed E-state index contributed by atoms with van der Waals surface area (Å²) in [7, 11) is 2.92. The molecule has 0 amide bonds. The highest BCUT2D eigenvalue weighted by Crippen LogP contribution is 2.29. The number of fused-ring (bicyclic) bond motifs is 1. The highest BCUT2D eigenvalue weighted by atomic mass is 16.6. The fraction of sp³-hybridized carbons (Fsp3) is 0.118. The second-order valence-electron chi connectivity index (χ2n) is 4.90. The quantitative estimate of drug-likeness (QED) is 0.429. The molecular formula is C17H16N4O5. The highest BCUT2D eigenvalue weighted by molar-refractivity contribution is 5.84. The summed E-state index contributed by atoms with van der Waals surface area (Å²) in [6.07, 6.45) is 2.11. The number of hydrogen-bond acceptors (Lipinski definition) is 8. The van der Waals surface area contributed by atoms with Crippen LogP contribution in [-0.2, 0) is 0 Å². The molecule has 0 atom stereocenters. The van der Waals surface area contributed by atoms with Crippen molar-refractivity contribution in [3.63, 3.8) is 0 Å². The minimum absolute atomic E-state index is 0.0179. The van der Waals surface area contributed by atoms with Crippen molar-refractivity contribution in [1.29, 1.82) is 0 Å². The molecule has 0 fully saturated rings. The summed E-state index contributed by atoms with van der Waals surface area (Å²) in [5.41, 5.74) is 5.94. The van der Waals surface area contributed by atoms with Crippen LogP contribution in [0, 0.1) is 10.1 Å². The molecule has 9 heteroatoms. The Balaban J connectivity index is 0.000000187. The van der Waals surface area contributed by atoms with Gasteiger partial charge in [-0.3, -0.25) is 14.9 Å². The van der Waals surface area contributed by atoms with Gasteiger partial charge < -0.3 is 15.2 Å². The van der Waals surface area contributed by atoms with Crippen LogP contribution in [0.3, 0.4) is 0 Å². The lowest BCUT2D eigenvalue weighted by Crippen LogP contribution is -1.97. The van der Waals surface area contributed by atoms with Crippen molar-refractivity contribution in [2.24, 2.45) is 0 Å². The van der Waals surface area contributed by atoms with E-state index in [1.165, 1.54) is 25.3 Å². The zero-order valence-corrected chi connectivity index (χ0v) is 14.1. The molecule has 2 N–H and O–H groups in total. The zero-order valence-electron chi connectivity index (χ0n) is 14.1. The SMILES string of the molecule is COc1cccc(C=O)c1[N+](=O)[O-].COc1cccc2cnc(N)nc12. The van der Waals surface area contributed by atoms with E-state index in [1.54, 1.807) is 13.3 Å². The number of nitrogens with zero attached hydrogens (tertiary/aromatic N) is 3. The van der Waals surface area contributed by atoms with E-state index in [2.05, 4.69) is 9.97 Å². The molecule has 0 aliphatic heterocycles. The number of carbonyl (C=O) groups is 1. The molecule has 26 heavy (non-hydrogen) atoms. The van der Waals surface area contributed by atoms with Crippen LogP contribution in [0.1, 0.15) is 10.4 Å². The standard InChI is InChI=1S/C9H9N3O.C8H7NO4/c1-13-7-4-2-3-6-5-11-9(10)12-8(6)7;1-13-7-4-2-3-6(5-10)8(7)9(11)12/h2-5H,1H3,(H2,10,11,12);2-5H,1H3. The van der Waals surface area contributed by atoms with Crippen molar-refractivity contribution in [2.45, 2.75) is 0 Å². The summed E-state index contributed by atoms with van der Waals surface area (Å²) in [5, 5.41) is 11.5. The molecule has 3 aromatic rings. The molecule has 134 valence electrons. The number of nitrogen functional groups attached to an aromatic ring is 1. The van der Waals surface area contributed by atoms with Crippen LogP contribution in [0.5, 0.6) is 11.5 Å². The van der Waals surface area contributed by atoms with Crippen molar-refractivity contribution in [3.05, 3.63) is 58.3 Å². The van der Waals surface area contributed by atoms with Crippen LogP contribution in [0.25, 0.3) is 10.9 Å². The molecule has 0 spiro atoms. The smallest absolute Gasteiger partial charge is 0.321 e. The van der Waals surface area contributed by atoms with Gasteiger partial charge in [-0.25, -0.2) is 9.97 Å². The van der Waals surface area contributed by atoms with E-state index in [0.29, 0.717) is 12.0 Å². The minimum Gasteiger partial charge on any atom is -0.494 e. The molecule has 0 aliphatic rings. The summed E-state index contributed by atoms with van der Waals surface area (Å²) < 4.78 is 9.89. The van der Waals surface area contributed by atoms with E-state index in [9.17, 15) is 14.9 Å². The van der Waals surface area contributed by atoms with Gasteiger partial charge in [0.1, 0.15) is 11.3 Å². The number of ether oxygens (including phenoxy) is 2. The van der Waals surface area contributed by atoms with Gasteiger partial charge in [0.05, 0.1) is 24.7 Å². The molecule has 1 heterocycles. The summed E-state index contributed by atoms with van der Waals surface area (Å²) in [4.78, 5) is 28.3. The van der Waals surface area contributed by atoms with Gasteiger partial charge in [0.25, 0.3) is 0 Å². The Labute approximate surface area is 148 Å². The maximum atomic E-state index is 10.5. The number of benzene rings is 2. The zero-order chi connectivity index (χ0) is 19.1. The van der Waals surface area contributed by atoms with Crippen molar-refractivity contribution >= 4 is 28.8 Å². The number of methoxy groups -OCH3 is 2. The van der Waals surface area contributed by atoms with E-state index in [4.69, 9.17) is 15.2 Å². The molecule has 0 bridgehead atoms. The van der Waals surface area contributed by atoms with Crippen LogP contribution in [0.4, 0.5) is 11.6 Å². The number of nitro groups is 1. The van der Waals surface area contributed by atoms with Gasteiger partial charge in [0.2, 0.25) is 5.95 Å². The Morgan fingerprint density at radius 3 is 2.38 bits per heavy atom. The number of anilines is 1. The van der Waals surface area contributed by atoms with Gasteiger partial charge >= 0.3 is 5.69 Å². The summed E-state index contributed by atoms with van der Waals surface area (Å²) in [6, 6.07) is 9.97. The van der Waals surface area contributed by atoms with E-state index in [0.717, 1.165) is 10.9 Å². The lowest BCUT2D eigenvalue weighted by atomic mass is 10.2. The van der Waals surface area contributed by atoms with E-state index >= 15 is 0 Å². The molecule has 0 saturated heterocycles. The van der Waals surface area contributed by atoms with E-state index in [1.807, 2.05) is 18.2 Å². The Morgan fingerprint density at radius 2 is 1.77 bits per heavy atom. The predicted octanol–water partition coefficient (Wildman–Crippen LogP) is 2.64. The van der Waals surface area contributed by atoms with Gasteiger partial charge in [-0.1, -0.05) is 18.2 Å². The van der Waals surface area contributed by atoms with Crippen molar-refractivity contribution < 1.29 is 19.2 Å². The van der Waals surface area contributed by atoms with Gasteiger partial charge in [-0.15, -0.1) is 0 Å². The van der Waals surface area contributed by atoms with Crippen LogP contribution in [0.15, 0.2) is 42.6 Å². The van der Waals surface area contributed by atoms with Gasteiger partial charge in [-0.2, -0.15) is 0 Å². The number of carbonyl (C=O) groups excluding carboxylic acids is 1. The summed E-state index contributed by atoms with van der Waals surface area (Å²) in [5.74, 6) is 1.07. The Bertz CT molecular complexity index is 946. The van der Waals surface area contributed by atoms with Crippen LogP contribution in [-0.4, -0.2) is 35.4 Å². The third-order valence-corrected chi connectivity index (χ3v) is 3.37. The van der Waals surface area contributed by atoms with Crippen LogP contribution in [0.2, 0.25) is 0 Å². The first-order chi connectivity index (χ1) is 12.5. The number of nitrogens with two attached hydrogens (primary N) is 1. The number of rotatable bonds is 4. The number of nitro benzene ring substituents is 1. The highest BCUT2D eigenvalue weighted by Gasteiger charge is 2.19. The number of aldehydes is 1. The molecular weight excluding hydrogens is 340 g/mol. The molecule has 9 nitrogen and oxygen atoms in total. The fourth-order valence-electron chi connectivity index (χ4n) is 2.20. The van der Waals surface area contributed by atoms with Gasteiger partial charge in [0, 0.05) is 11.6 Å². The molecule has 1 aromatic heterocycles. The second kappa shape index (κ2) is 8.38. The Hall–Kier alpha value is -3.75. The Kier molecular flexibility index (Phi) is 5.99. The molecule has 0 aliphatic carbocycles. The maximum absolute atomic E-state index is 10.5. The minimum atomic E-state index is -0.636. The summed E-state index contributed by atoms with van der Waals surface area (Å²) >= 11 is 0. The average molecular weight is 356 g/mol. The first-order valence-electron chi connectivity index (χ1n) is 7.33.